The van der Waals surface area contributed by atoms with Crippen LogP contribution in [0, 0.1) is 0 Å². The molecule has 202 valence electrons. The molecular weight excluding hydrogens is 528 g/mol. The molecule has 1 aromatic heterocycles. The Morgan fingerprint density at radius 2 is 0.875 bits per heavy atom. The van der Waals surface area contributed by atoms with Gasteiger partial charge in [-0.1, -0.05) is 103 Å². The van der Waals surface area contributed by atoms with Crippen LogP contribution in [0.4, 0.5) is 0 Å². The number of ether oxygens (including phenoxy) is 2. The van der Waals surface area contributed by atoms with Gasteiger partial charge in [0.15, 0.2) is 0 Å². The van der Waals surface area contributed by atoms with E-state index in [4.69, 9.17) is 14.5 Å². The fraction of sp³-hybridized carbons (Fsp3) is 0.171. The zero-order valence-corrected chi connectivity index (χ0v) is 24.9. The summed E-state index contributed by atoms with van der Waals surface area (Å²) in [6.07, 6.45) is 3.89. The minimum Gasteiger partial charge on any atom is -0.496 e. The van der Waals surface area contributed by atoms with Crippen LogP contribution in [0.1, 0.15) is 11.4 Å². The first-order valence-corrected chi connectivity index (χ1v) is 16.7. The van der Waals surface area contributed by atoms with Gasteiger partial charge in [0.2, 0.25) is 0 Å². The number of aromatic nitrogens is 1. The zero-order chi connectivity index (χ0) is 27.6. The average Bonchev–Trinajstić information content (AvgIpc) is 3.03. The molecule has 4 aromatic carbocycles. The van der Waals surface area contributed by atoms with E-state index in [1.165, 1.54) is 21.2 Å². The first-order valence-electron chi connectivity index (χ1n) is 13.6. The Bertz CT molecular complexity index is 1380. The number of aryl methyl sites for hydroxylation is 2. The lowest BCUT2D eigenvalue weighted by molar-refractivity contribution is 0.418. The van der Waals surface area contributed by atoms with Crippen LogP contribution in [0.25, 0.3) is 0 Å². The maximum absolute atomic E-state index is 5.76. The average molecular weight is 564 g/mol. The van der Waals surface area contributed by atoms with E-state index in [9.17, 15) is 0 Å². The van der Waals surface area contributed by atoms with Crippen LogP contribution >= 0.6 is 15.8 Å². The molecule has 5 rings (SSSR count). The van der Waals surface area contributed by atoms with Gasteiger partial charge in [-0.15, -0.1) is 0 Å². The Kier molecular flexibility index (Phi) is 9.97. The smallest absolute Gasteiger partial charge is 0.126 e. The molecule has 0 fully saturated rings. The lowest BCUT2D eigenvalue weighted by Gasteiger charge is -2.21. The zero-order valence-electron chi connectivity index (χ0n) is 23.1. The molecule has 2 atom stereocenters. The van der Waals surface area contributed by atoms with Crippen LogP contribution in [0.3, 0.4) is 0 Å². The fourth-order valence-corrected chi connectivity index (χ4v) is 9.88. The maximum atomic E-state index is 5.76. The Morgan fingerprint density at radius 3 is 1.30 bits per heavy atom. The van der Waals surface area contributed by atoms with Crippen molar-refractivity contribution in [1.82, 2.24) is 4.98 Å². The van der Waals surface area contributed by atoms with Crippen molar-refractivity contribution in [3.8, 4) is 11.5 Å². The molecule has 0 amide bonds. The topological polar surface area (TPSA) is 31.4 Å². The third kappa shape index (κ3) is 6.97. The van der Waals surface area contributed by atoms with Gasteiger partial charge in [0.25, 0.3) is 0 Å². The summed E-state index contributed by atoms with van der Waals surface area (Å²) in [5, 5.41) is 5.30. The van der Waals surface area contributed by atoms with Crippen LogP contribution in [-0.2, 0) is 12.8 Å². The van der Waals surface area contributed by atoms with Crippen molar-refractivity contribution < 1.29 is 9.47 Å². The predicted octanol–water partition coefficient (Wildman–Crippen LogP) is 6.45. The van der Waals surface area contributed by atoms with Crippen LogP contribution in [0.2, 0.25) is 0 Å². The van der Waals surface area contributed by atoms with Crippen molar-refractivity contribution in [3.05, 3.63) is 139 Å². The number of hydrogen-bond donors (Lipinski definition) is 0. The van der Waals surface area contributed by atoms with E-state index in [0.717, 1.165) is 48.1 Å². The van der Waals surface area contributed by atoms with E-state index in [-0.39, 0.29) is 0 Å². The molecular formula is C35H35NO2P2. The molecule has 0 aliphatic heterocycles. The molecule has 40 heavy (non-hydrogen) atoms. The third-order valence-corrected chi connectivity index (χ3v) is 12.0. The number of nitrogens with zero attached hydrogens (tertiary/aromatic N) is 1. The van der Waals surface area contributed by atoms with E-state index >= 15 is 0 Å². The summed E-state index contributed by atoms with van der Waals surface area (Å²) in [4.78, 5) is 5.13. The largest absolute Gasteiger partial charge is 0.496 e. The minimum atomic E-state index is -0.571. The number of pyridine rings is 1. The van der Waals surface area contributed by atoms with Crippen molar-refractivity contribution in [1.29, 1.82) is 0 Å². The molecule has 0 aliphatic carbocycles. The summed E-state index contributed by atoms with van der Waals surface area (Å²) in [6.45, 7) is 0. The van der Waals surface area contributed by atoms with E-state index in [0.29, 0.717) is 0 Å². The van der Waals surface area contributed by atoms with Gasteiger partial charge < -0.3 is 9.47 Å². The normalized spacial score (nSPS) is 12.4. The molecule has 0 saturated heterocycles. The first kappa shape index (κ1) is 28.0. The molecule has 0 bridgehead atoms. The number of benzene rings is 4. The molecule has 0 saturated carbocycles. The monoisotopic (exact) mass is 563 g/mol. The van der Waals surface area contributed by atoms with E-state index in [2.05, 4.69) is 115 Å². The second kappa shape index (κ2) is 14.2. The highest BCUT2D eigenvalue weighted by atomic mass is 31.1. The Labute approximate surface area is 240 Å². The van der Waals surface area contributed by atoms with Crippen molar-refractivity contribution in [2.75, 3.05) is 26.5 Å². The highest BCUT2D eigenvalue weighted by molar-refractivity contribution is 7.73. The molecule has 0 spiro atoms. The van der Waals surface area contributed by atoms with Gasteiger partial charge >= 0.3 is 0 Å². The predicted molar refractivity (Wildman–Crippen MR) is 173 cm³/mol. The highest BCUT2D eigenvalue weighted by Crippen LogP contribution is 2.39. The van der Waals surface area contributed by atoms with Crippen molar-refractivity contribution in [2.24, 2.45) is 0 Å². The van der Waals surface area contributed by atoms with Crippen molar-refractivity contribution in [2.45, 2.75) is 12.8 Å². The molecule has 3 nitrogen and oxygen atoms in total. The van der Waals surface area contributed by atoms with Gasteiger partial charge in [-0.3, -0.25) is 4.98 Å². The van der Waals surface area contributed by atoms with Crippen LogP contribution in [-0.4, -0.2) is 31.5 Å². The molecule has 1 heterocycles. The lowest BCUT2D eigenvalue weighted by Crippen LogP contribution is -2.18. The Hall–Kier alpha value is -3.51. The summed E-state index contributed by atoms with van der Waals surface area (Å²) < 4.78 is 11.5. The third-order valence-electron chi connectivity index (χ3n) is 6.94. The standard InChI is InChI=1S/C35H35NO2P2/c1-37-32-20-9-11-22-34(32)39(30-16-5-3-6-17-30)26-24-28-14-13-15-29(36-28)25-27-40(31-18-7-4-8-19-31)35-23-12-10-21-33(35)38-2/h3-23H,24-27H2,1-2H3. The SMILES string of the molecule is COc1ccccc1P(CCc1cccc(CCP(c2ccccc2)c2ccccc2OC)n1)c1ccccc1. The van der Waals surface area contributed by atoms with Gasteiger partial charge in [0.1, 0.15) is 11.5 Å². The molecule has 0 radical (unpaired) electrons. The van der Waals surface area contributed by atoms with Crippen LogP contribution in [0.15, 0.2) is 127 Å². The van der Waals surface area contributed by atoms with Gasteiger partial charge in [0.05, 0.1) is 14.2 Å². The highest BCUT2D eigenvalue weighted by Gasteiger charge is 2.20. The second-order valence-corrected chi connectivity index (χ2v) is 14.0. The molecule has 5 heteroatoms. The van der Waals surface area contributed by atoms with Crippen molar-refractivity contribution in [3.63, 3.8) is 0 Å². The lowest BCUT2D eigenvalue weighted by atomic mass is 10.2. The first-order chi connectivity index (χ1) is 19.8. The Balaban J connectivity index is 1.34. The summed E-state index contributed by atoms with van der Waals surface area (Å²) in [7, 11) is 2.38. The van der Waals surface area contributed by atoms with E-state index < -0.39 is 15.8 Å². The van der Waals surface area contributed by atoms with Crippen LogP contribution < -0.4 is 30.7 Å². The minimum absolute atomic E-state index is 0.571. The van der Waals surface area contributed by atoms with E-state index in [1.807, 2.05) is 12.1 Å². The molecule has 0 aliphatic rings. The Morgan fingerprint density at radius 1 is 0.475 bits per heavy atom. The summed E-state index contributed by atoms with van der Waals surface area (Å²) in [5.74, 6) is 1.93. The summed E-state index contributed by atoms with van der Waals surface area (Å²) in [6, 6.07) is 45.0. The molecule has 2 unspecified atom stereocenters. The quantitative estimate of drug-likeness (QED) is 0.164. The number of para-hydroxylation sites is 2. The second-order valence-electron chi connectivity index (χ2n) is 9.44. The maximum Gasteiger partial charge on any atom is 0.126 e. The number of methoxy groups -OCH3 is 2. The molecule has 5 aromatic rings. The van der Waals surface area contributed by atoms with Gasteiger partial charge in [0, 0.05) is 22.0 Å². The van der Waals surface area contributed by atoms with Crippen molar-refractivity contribution >= 4 is 37.1 Å². The van der Waals surface area contributed by atoms with E-state index in [1.54, 1.807) is 14.2 Å². The van der Waals surface area contributed by atoms with Crippen LogP contribution in [0.5, 0.6) is 11.5 Å². The number of rotatable bonds is 12. The molecule has 0 N–H and O–H groups in total. The fourth-order valence-electron chi connectivity index (χ4n) is 4.96. The van der Waals surface area contributed by atoms with Gasteiger partial charge in [-0.25, -0.2) is 0 Å². The number of hydrogen-bond acceptors (Lipinski definition) is 3. The summed E-state index contributed by atoms with van der Waals surface area (Å²) >= 11 is 0. The van der Waals surface area contributed by atoms with Gasteiger partial charge in [-0.2, -0.15) is 0 Å². The van der Waals surface area contributed by atoms with Gasteiger partial charge in [-0.05, 0) is 75.9 Å². The summed E-state index contributed by atoms with van der Waals surface area (Å²) in [5.41, 5.74) is 2.30.